The predicted molar refractivity (Wildman–Crippen MR) is 73.7 cm³/mol. The summed E-state index contributed by atoms with van der Waals surface area (Å²) >= 11 is 0. The lowest BCUT2D eigenvalue weighted by Gasteiger charge is -2.12. The number of methoxy groups -OCH3 is 1. The van der Waals surface area contributed by atoms with Crippen LogP contribution in [0.15, 0.2) is 36.7 Å². The summed E-state index contributed by atoms with van der Waals surface area (Å²) in [4.78, 5) is 4.21. The third-order valence-corrected chi connectivity index (χ3v) is 3.18. The van der Waals surface area contributed by atoms with E-state index in [9.17, 15) is 4.39 Å². The zero-order chi connectivity index (χ0) is 13.8. The van der Waals surface area contributed by atoms with Gasteiger partial charge >= 0.3 is 0 Å². The van der Waals surface area contributed by atoms with Crippen molar-refractivity contribution < 1.29 is 9.13 Å². The fourth-order valence-corrected chi connectivity index (χ4v) is 1.87. The zero-order valence-corrected chi connectivity index (χ0v) is 11.3. The molecule has 1 N–H and O–H groups in total. The Morgan fingerprint density at radius 2 is 2.00 bits per heavy atom. The highest BCUT2D eigenvalue weighted by atomic mass is 19.1. The molecule has 0 radical (unpaired) electrons. The van der Waals surface area contributed by atoms with Crippen molar-refractivity contribution in [3.8, 4) is 16.9 Å². The number of halogens is 1. The molecule has 100 valence electrons. The Morgan fingerprint density at radius 1 is 1.21 bits per heavy atom. The maximum Gasteiger partial charge on any atom is 0.165 e. The summed E-state index contributed by atoms with van der Waals surface area (Å²) in [6.45, 7) is 2.05. The Bertz CT molecular complexity index is 572. The van der Waals surface area contributed by atoms with Crippen LogP contribution in [0, 0.1) is 5.82 Å². The summed E-state index contributed by atoms with van der Waals surface area (Å²) in [7, 11) is 3.35. The van der Waals surface area contributed by atoms with E-state index < -0.39 is 0 Å². The SMILES string of the molecule is CNC(C)c1cncc(-c2ccc(OC)c(F)c2)c1. The van der Waals surface area contributed by atoms with Crippen molar-refractivity contribution in [3.05, 3.63) is 48.0 Å². The number of hydrogen-bond acceptors (Lipinski definition) is 3. The number of benzene rings is 1. The molecule has 1 aromatic carbocycles. The van der Waals surface area contributed by atoms with Gasteiger partial charge in [0.25, 0.3) is 0 Å². The first-order chi connectivity index (χ1) is 9.15. The Labute approximate surface area is 112 Å². The lowest BCUT2D eigenvalue weighted by Crippen LogP contribution is -2.12. The maximum absolute atomic E-state index is 13.7. The molecule has 0 aliphatic carbocycles. The van der Waals surface area contributed by atoms with Gasteiger partial charge in [0.2, 0.25) is 0 Å². The van der Waals surface area contributed by atoms with Crippen molar-refractivity contribution >= 4 is 0 Å². The first kappa shape index (κ1) is 13.5. The number of hydrogen-bond donors (Lipinski definition) is 1. The van der Waals surface area contributed by atoms with E-state index in [1.165, 1.54) is 13.2 Å². The fourth-order valence-electron chi connectivity index (χ4n) is 1.87. The summed E-state index contributed by atoms with van der Waals surface area (Å²) in [6, 6.07) is 7.13. The largest absolute Gasteiger partial charge is 0.494 e. The van der Waals surface area contributed by atoms with Crippen molar-refractivity contribution in [1.29, 1.82) is 0 Å². The molecule has 0 aliphatic heterocycles. The summed E-state index contributed by atoms with van der Waals surface area (Å²) in [6.07, 6.45) is 3.54. The van der Waals surface area contributed by atoms with Crippen molar-refractivity contribution in [2.75, 3.05) is 14.2 Å². The molecule has 1 aromatic heterocycles. The van der Waals surface area contributed by atoms with Gasteiger partial charge in [0.05, 0.1) is 7.11 Å². The second kappa shape index (κ2) is 5.80. The molecule has 1 heterocycles. The number of nitrogens with zero attached hydrogens (tertiary/aromatic N) is 1. The van der Waals surface area contributed by atoms with Crippen molar-refractivity contribution in [1.82, 2.24) is 10.3 Å². The minimum atomic E-state index is -0.368. The van der Waals surface area contributed by atoms with Crippen LogP contribution in [0.1, 0.15) is 18.5 Å². The van der Waals surface area contributed by atoms with Gasteiger partial charge in [-0.25, -0.2) is 4.39 Å². The minimum Gasteiger partial charge on any atom is -0.494 e. The lowest BCUT2D eigenvalue weighted by atomic mass is 10.0. The third-order valence-electron chi connectivity index (χ3n) is 3.18. The van der Waals surface area contributed by atoms with Crippen LogP contribution >= 0.6 is 0 Å². The van der Waals surface area contributed by atoms with Crippen LogP contribution in [0.2, 0.25) is 0 Å². The fraction of sp³-hybridized carbons (Fsp3) is 0.267. The van der Waals surface area contributed by atoms with Gasteiger partial charge in [-0.3, -0.25) is 4.98 Å². The monoisotopic (exact) mass is 260 g/mol. The molecule has 0 spiro atoms. The molecular weight excluding hydrogens is 243 g/mol. The third kappa shape index (κ3) is 2.90. The Kier molecular flexibility index (Phi) is 4.12. The van der Waals surface area contributed by atoms with E-state index in [-0.39, 0.29) is 17.6 Å². The van der Waals surface area contributed by atoms with Crippen molar-refractivity contribution in [2.24, 2.45) is 0 Å². The number of rotatable bonds is 4. The molecule has 0 bridgehead atoms. The molecule has 4 heteroatoms. The molecule has 0 fully saturated rings. The van der Waals surface area contributed by atoms with Gasteiger partial charge in [0.15, 0.2) is 11.6 Å². The molecule has 0 saturated carbocycles. The van der Waals surface area contributed by atoms with Crippen LogP contribution in [-0.4, -0.2) is 19.1 Å². The Morgan fingerprint density at radius 3 is 2.63 bits per heavy atom. The Hall–Kier alpha value is -1.94. The summed E-state index contributed by atoms with van der Waals surface area (Å²) in [5.74, 6) is -0.122. The van der Waals surface area contributed by atoms with Gasteiger partial charge in [-0.05, 0) is 43.3 Å². The average molecular weight is 260 g/mol. The topological polar surface area (TPSA) is 34.2 Å². The van der Waals surface area contributed by atoms with E-state index in [2.05, 4.69) is 17.2 Å². The first-order valence-electron chi connectivity index (χ1n) is 6.12. The molecule has 2 aromatic rings. The van der Waals surface area contributed by atoms with Crippen LogP contribution in [0.5, 0.6) is 5.75 Å². The summed E-state index contributed by atoms with van der Waals surface area (Å²) in [5.41, 5.74) is 2.74. The van der Waals surface area contributed by atoms with Gasteiger partial charge in [-0.15, -0.1) is 0 Å². The van der Waals surface area contributed by atoms with Gasteiger partial charge in [0.1, 0.15) is 0 Å². The maximum atomic E-state index is 13.7. The summed E-state index contributed by atoms with van der Waals surface area (Å²) < 4.78 is 18.6. The lowest BCUT2D eigenvalue weighted by molar-refractivity contribution is 0.386. The molecule has 0 amide bonds. The number of pyridine rings is 1. The number of nitrogens with one attached hydrogen (secondary N) is 1. The van der Waals surface area contributed by atoms with Gasteiger partial charge in [0, 0.05) is 24.0 Å². The molecule has 3 nitrogen and oxygen atoms in total. The summed E-state index contributed by atoms with van der Waals surface area (Å²) in [5, 5.41) is 3.16. The van der Waals surface area contributed by atoms with Crippen LogP contribution in [0.4, 0.5) is 4.39 Å². The first-order valence-corrected chi connectivity index (χ1v) is 6.12. The molecule has 2 rings (SSSR count). The van der Waals surface area contributed by atoms with Gasteiger partial charge < -0.3 is 10.1 Å². The molecule has 0 saturated heterocycles. The molecule has 1 unspecified atom stereocenters. The predicted octanol–water partition coefficient (Wildman–Crippen LogP) is 3.18. The van der Waals surface area contributed by atoms with Crippen LogP contribution < -0.4 is 10.1 Å². The van der Waals surface area contributed by atoms with Gasteiger partial charge in [-0.2, -0.15) is 0 Å². The van der Waals surface area contributed by atoms with Crippen molar-refractivity contribution in [3.63, 3.8) is 0 Å². The van der Waals surface area contributed by atoms with Crippen LogP contribution in [-0.2, 0) is 0 Å². The van der Waals surface area contributed by atoms with Gasteiger partial charge in [-0.1, -0.05) is 6.07 Å². The van der Waals surface area contributed by atoms with E-state index in [1.807, 2.05) is 25.4 Å². The van der Waals surface area contributed by atoms with E-state index in [0.717, 1.165) is 16.7 Å². The molecule has 0 aliphatic rings. The quantitative estimate of drug-likeness (QED) is 0.916. The van der Waals surface area contributed by atoms with E-state index in [1.54, 1.807) is 12.3 Å². The van der Waals surface area contributed by atoms with E-state index >= 15 is 0 Å². The molecular formula is C15H17FN2O. The average Bonchev–Trinajstić information content (AvgIpc) is 2.46. The Balaban J connectivity index is 2.39. The second-order valence-electron chi connectivity index (χ2n) is 4.37. The van der Waals surface area contributed by atoms with Crippen LogP contribution in [0.3, 0.4) is 0 Å². The standard InChI is InChI=1S/C15H17FN2O/c1-10(17-2)12-6-13(9-18-8-12)11-4-5-15(19-3)14(16)7-11/h4-10,17H,1-3H3. The van der Waals surface area contributed by atoms with Crippen LogP contribution in [0.25, 0.3) is 11.1 Å². The van der Waals surface area contributed by atoms with E-state index in [4.69, 9.17) is 4.74 Å². The highest BCUT2D eigenvalue weighted by Crippen LogP contribution is 2.26. The van der Waals surface area contributed by atoms with E-state index in [0.29, 0.717) is 0 Å². The highest BCUT2D eigenvalue weighted by molar-refractivity contribution is 5.64. The molecule has 1 atom stereocenters. The molecule has 19 heavy (non-hydrogen) atoms. The smallest absolute Gasteiger partial charge is 0.165 e. The number of aromatic nitrogens is 1. The second-order valence-corrected chi connectivity index (χ2v) is 4.37. The normalized spacial score (nSPS) is 12.2. The minimum absolute atomic E-state index is 0.204. The van der Waals surface area contributed by atoms with Crippen molar-refractivity contribution in [2.45, 2.75) is 13.0 Å². The highest BCUT2D eigenvalue weighted by Gasteiger charge is 2.08. The number of ether oxygens (including phenoxy) is 1. The zero-order valence-electron chi connectivity index (χ0n) is 11.3.